The molecule has 4 heteroatoms. The molecule has 0 radical (unpaired) electrons. The molecular weight excluding hydrogens is 243 g/mol. The summed E-state index contributed by atoms with van der Waals surface area (Å²) in [6.45, 7) is 2.06. The van der Waals surface area contributed by atoms with Gasteiger partial charge in [0.2, 0.25) is 0 Å². The molecule has 0 aromatic heterocycles. The molecule has 2 aromatic rings. The van der Waals surface area contributed by atoms with Crippen LogP contribution in [0, 0.1) is 5.82 Å². The van der Waals surface area contributed by atoms with Gasteiger partial charge in [-0.1, -0.05) is 25.1 Å². The van der Waals surface area contributed by atoms with Gasteiger partial charge in [-0.2, -0.15) is 0 Å². The highest BCUT2D eigenvalue weighted by Gasteiger charge is 2.12. The third-order valence-corrected chi connectivity index (χ3v) is 2.92. The van der Waals surface area contributed by atoms with Crippen LogP contribution in [0.1, 0.15) is 22.8 Å². The second-order valence-corrected chi connectivity index (χ2v) is 4.21. The average molecular weight is 258 g/mol. The Morgan fingerprint density at radius 2 is 1.89 bits per heavy atom. The number of halogens is 1. The predicted octanol–water partition coefficient (Wildman–Crippen LogP) is 3.22. The Morgan fingerprint density at radius 1 is 1.21 bits per heavy atom. The largest absolute Gasteiger partial charge is 0.396 e. The van der Waals surface area contributed by atoms with Crippen LogP contribution in [-0.4, -0.2) is 5.91 Å². The standard InChI is InChI=1S/C15H15FN2O/c1-2-10-6-8-11(9-7-10)18-15(19)12-4-3-5-13(16)14(12)17/h3-9H,2,17H2,1H3,(H,18,19). The number of nitrogen functional groups attached to an aromatic ring is 1. The molecule has 0 bridgehead atoms. The van der Waals surface area contributed by atoms with Gasteiger partial charge in [-0.05, 0) is 36.2 Å². The van der Waals surface area contributed by atoms with Crippen LogP contribution in [0.25, 0.3) is 0 Å². The van der Waals surface area contributed by atoms with Crippen molar-refractivity contribution in [1.29, 1.82) is 0 Å². The van der Waals surface area contributed by atoms with Crippen molar-refractivity contribution in [3.63, 3.8) is 0 Å². The summed E-state index contributed by atoms with van der Waals surface area (Å²) in [6, 6.07) is 11.7. The van der Waals surface area contributed by atoms with Crippen molar-refractivity contribution in [3.8, 4) is 0 Å². The number of aryl methyl sites for hydroxylation is 1. The van der Waals surface area contributed by atoms with E-state index in [9.17, 15) is 9.18 Å². The van der Waals surface area contributed by atoms with Gasteiger partial charge in [-0.25, -0.2) is 4.39 Å². The zero-order valence-corrected chi connectivity index (χ0v) is 10.6. The molecular formula is C15H15FN2O. The van der Waals surface area contributed by atoms with E-state index in [4.69, 9.17) is 5.73 Å². The minimum atomic E-state index is -0.589. The summed E-state index contributed by atoms with van der Waals surface area (Å²) in [7, 11) is 0. The highest BCUT2D eigenvalue weighted by Crippen LogP contribution is 2.18. The number of carbonyl (C=O) groups excluding carboxylic acids is 1. The van der Waals surface area contributed by atoms with Crippen LogP contribution in [0.3, 0.4) is 0 Å². The average Bonchev–Trinajstić information content (AvgIpc) is 2.42. The van der Waals surface area contributed by atoms with Gasteiger partial charge in [0, 0.05) is 5.69 Å². The minimum absolute atomic E-state index is 0.134. The van der Waals surface area contributed by atoms with Gasteiger partial charge in [0.15, 0.2) is 0 Å². The van der Waals surface area contributed by atoms with E-state index in [-0.39, 0.29) is 11.3 Å². The van der Waals surface area contributed by atoms with Crippen molar-refractivity contribution in [1.82, 2.24) is 0 Å². The SMILES string of the molecule is CCc1ccc(NC(=O)c2cccc(F)c2N)cc1. The van der Waals surface area contributed by atoms with Crippen LogP contribution in [-0.2, 0) is 6.42 Å². The molecule has 1 amide bonds. The molecule has 3 nitrogen and oxygen atoms in total. The Hall–Kier alpha value is -2.36. The van der Waals surface area contributed by atoms with Crippen LogP contribution >= 0.6 is 0 Å². The van der Waals surface area contributed by atoms with Crippen LogP contribution < -0.4 is 11.1 Å². The first kappa shape index (κ1) is 13.1. The maximum absolute atomic E-state index is 13.3. The highest BCUT2D eigenvalue weighted by atomic mass is 19.1. The third kappa shape index (κ3) is 2.91. The van der Waals surface area contributed by atoms with Gasteiger partial charge >= 0.3 is 0 Å². The number of rotatable bonds is 3. The smallest absolute Gasteiger partial charge is 0.257 e. The van der Waals surface area contributed by atoms with Gasteiger partial charge in [0.05, 0.1) is 11.3 Å². The van der Waals surface area contributed by atoms with Gasteiger partial charge in [0.25, 0.3) is 5.91 Å². The molecule has 0 fully saturated rings. The summed E-state index contributed by atoms with van der Waals surface area (Å²) in [5.74, 6) is -1.00. The Balaban J connectivity index is 2.18. The lowest BCUT2D eigenvalue weighted by atomic mass is 10.1. The lowest BCUT2D eigenvalue weighted by molar-refractivity contribution is 0.102. The fraction of sp³-hybridized carbons (Fsp3) is 0.133. The molecule has 19 heavy (non-hydrogen) atoms. The second-order valence-electron chi connectivity index (χ2n) is 4.21. The number of anilines is 2. The van der Waals surface area contributed by atoms with Crippen molar-refractivity contribution in [2.24, 2.45) is 0 Å². The van der Waals surface area contributed by atoms with Crippen molar-refractivity contribution in [3.05, 3.63) is 59.4 Å². The number of amides is 1. The van der Waals surface area contributed by atoms with Crippen molar-refractivity contribution in [2.75, 3.05) is 11.1 Å². The molecule has 0 saturated carbocycles. The number of para-hydroxylation sites is 1. The molecule has 0 saturated heterocycles. The number of carbonyl (C=O) groups is 1. The van der Waals surface area contributed by atoms with Crippen LogP contribution in [0.2, 0.25) is 0 Å². The van der Waals surface area contributed by atoms with E-state index in [1.54, 1.807) is 0 Å². The summed E-state index contributed by atoms with van der Waals surface area (Å²) in [6.07, 6.45) is 0.936. The monoisotopic (exact) mass is 258 g/mol. The number of nitrogens with two attached hydrogens (primary N) is 1. The quantitative estimate of drug-likeness (QED) is 0.830. The summed E-state index contributed by atoms with van der Waals surface area (Å²) in [4.78, 5) is 12.0. The number of nitrogens with one attached hydrogen (secondary N) is 1. The topological polar surface area (TPSA) is 55.1 Å². The number of benzene rings is 2. The first-order valence-corrected chi connectivity index (χ1v) is 6.06. The van der Waals surface area contributed by atoms with E-state index in [1.165, 1.54) is 23.8 Å². The highest BCUT2D eigenvalue weighted by molar-refractivity contribution is 6.07. The molecule has 0 heterocycles. The summed E-state index contributed by atoms with van der Waals surface area (Å²) in [5.41, 5.74) is 7.39. The first-order valence-electron chi connectivity index (χ1n) is 6.06. The zero-order chi connectivity index (χ0) is 13.8. The second kappa shape index (κ2) is 5.52. The zero-order valence-electron chi connectivity index (χ0n) is 10.6. The number of hydrogen-bond donors (Lipinski definition) is 2. The normalized spacial score (nSPS) is 10.2. The van der Waals surface area contributed by atoms with Crippen molar-refractivity contribution in [2.45, 2.75) is 13.3 Å². The third-order valence-electron chi connectivity index (χ3n) is 2.92. The van der Waals surface area contributed by atoms with Crippen LogP contribution in [0.15, 0.2) is 42.5 Å². The molecule has 0 aliphatic heterocycles. The molecule has 0 spiro atoms. The molecule has 0 aliphatic carbocycles. The molecule has 98 valence electrons. The maximum Gasteiger partial charge on any atom is 0.257 e. The van der Waals surface area contributed by atoms with Crippen LogP contribution in [0.4, 0.5) is 15.8 Å². The fourth-order valence-corrected chi connectivity index (χ4v) is 1.76. The Labute approximate surface area is 111 Å². The fourth-order valence-electron chi connectivity index (χ4n) is 1.76. The Bertz CT molecular complexity index is 594. The predicted molar refractivity (Wildman–Crippen MR) is 74.6 cm³/mol. The lowest BCUT2D eigenvalue weighted by Crippen LogP contribution is -2.14. The Morgan fingerprint density at radius 3 is 2.53 bits per heavy atom. The first-order chi connectivity index (χ1) is 9.11. The van der Waals surface area contributed by atoms with Crippen molar-refractivity contribution >= 4 is 17.3 Å². The van der Waals surface area contributed by atoms with E-state index < -0.39 is 11.7 Å². The van der Waals surface area contributed by atoms with E-state index in [0.29, 0.717) is 5.69 Å². The summed E-state index contributed by atoms with van der Waals surface area (Å²) >= 11 is 0. The number of hydrogen-bond acceptors (Lipinski definition) is 2. The van der Waals surface area contributed by atoms with E-state index >= 15 is 0 Å². The van der Waals surface area contributed by atoms with Crippen molar-refractivity contribution < 1.29 is 9.18 Å². The summed E-state index contributed by atoms with van der Waals surface area (Å²) in [5, 5.41) is 2.69. The molecule has 2 aromatic carbocycles. The van der Waals surface area contributed by atoms with Gasteiger partial charge in [-0.3, -0.25) is 4.79 Å². The van der Waals surface area contributed by atoms with Gasteiger partial charge in [0.1, 0.15) is 5.82 Å². The van der Waals surface area contributed by atoms with Crippen LogP contribution in [0.5, 0.6) is 0 Å². The molecule has 0 atom stereocenters. The molecule has 0 unspecified atom stereocenters. The van der Waals surface area contributed by atoms with E-state index in [2.05, 4.69) is 12.2 Å². The molecule has 2 rings (SSSR count). The maximum atomic E-state index is 13.3. The Kier molecular flexibility index (Phi) is 3.80. The van der Waals surface area contributed by atoms with E-state index in [0.717, 1.165) is 6.42 Å². The summed E-state index contributed by atoms with van der Waals surface area (Å²) < 4.78 is 13.3. The van der Waals surface area contributed by atoms with Gasteiger partial charge in [-0.15, -0.1) is 0 Å². The van der Waals surface area contributed by atoms with Gasteiger partial charge < -0.3 is 11.1 Å². The lowest BCUT2D eigenvalue weighted by Gasteiger charge is -2.08. The molecule has 3 N–H and O–H groups in total. The molecule has 0 aliphatic rings. The van der Waals surface area contributed by atoms with E-state index in [1.807, 2.05) is 24.3 Å². The minimum Gasteiger partial charge on any atom is -0.396 e.